The van der Waals surface area contributed by atoms with Crippen LogP contribution in [-0.4, -0.2) is 42.2 Å². The predicted molar refractivity (Wildman–Crippen MR) is 63.2 cm³/mol. The average Bonchev–Trinajstić information content (AvgIpc) is 2.35. The maximum atomic E-state index is 11.3. The molecule has 1 aromatic heterocycles. The van der Waals surface area contributed by atoms with Crippen LogP contribution < -0.4 is 5.32 Å². The van der Waals surface area contributed by atoms with Crippen molar-refractivity contribution < 1.29 is 19.1 Å². The van der Waals surface area contributed by atoms with E-state index in [4.69, 9.17) is 0 Å². The molecule has 7 heteroatoms. The van der Waals surface area contributed by atoms with Crippen LogP contribution in [0.4, 0.5) is 5.82 Å². The summed E-state index contributed by atoms with van der Waals surface area (Å²) in [6, 6.07) is 1.04. The first-order valence-corrected chi connectivity index (χ1v) is 5.26. The van der Waals surface area contributed by atoms with Crippen molar-refractivity contribution in [3.63, 3.8) is 0 Å². The Balaban J connectivity index is 2.93. The predicted octanol–water partition coefficient (Wildman–Crippen LogP) is 0.545. The Hall–Kier alpha value is -2.18. The molecular weight excluding hydrogens is 238 g/mol. The van der Waals surface area contributed by atoms with Crippen molar-refractivity contribution in [2.75, 3.05) is 19.5 Å². The Morgan fingerprint density at radius 2 is 1.94 bits per heavy atom. The molecule has 0 aromatic carbocycles. The molecule has 0 amide bonds. The second-order valence-electron chi connectivity index (χ2n) is 3.60. The summed E-state index contributed by atoms with van der Waals surface area (Å²) in [7, 11) is 2.55. The lowest BCUT2D eigenvalue weighted by Gasteiger charge is -2.12. The first kappa shape index (κ1) is 13.9. The van der Waals surface area contributed by atoms with Crippen molar-refractivity contribution >= 4 is 17.8 Å². The van der Waals surface area contributed by atoms with E-state index in [2.05, 4.69) is 24.8 Å². The van der Waals surface area contributed by atoms with Crippen molar-refractivity contribution in [1.29, 1.82) is 0 Å². The molecule has 0 aliphatic heterocycles. The summed E-state index contributed by atoms with van der Waals surface area (Å²) in [5.41, 5.74) is 0.588. The molecule has 0 spiro atoms. The number of carbonyl (C=O) groups excluding carboxylic acids is 2. The Morgan fingerprint density at radius 3 is 2.50 bits per heavy atom. The van der Waals surface area contributed by atoms with E-state index in [1.807, 2.05) is 0 Å². The van der Waals surface area contributed by atoms with Crippen molar-refractivity contribution in [3.05, 3.63) is 17.6 Å². The quantitative estimate of drug-likeness (QED) is 0.783. The Kier molecular flexibility index (Phi) is 4.59. The molecule has 1 atom stereocenters. The first-order chi connectivity index (χ1) is 8.47. The molecule has 1 rings (SSSR count). The fourth-order valence-corrected chi connectivity index (χ4v) is 1.28. The number of hydrogen-bond donors (Lipinski definition) is 1. The smallest absolute Gasteiger partial charge is 0.376 e. The molecule has 7 nitrogen and oxygen atoms in total. The third-order valence-corrected chi connectivity index (χ3v) is 2.14. The SMILES string of the molecule is COC(=O)c1nc(C)cc(NC(C)C(=O)OC)n1. The van der Waals surface area contributed by atoms with Gasteiger partial charge in [0.1, 0.15) is 11.9 Å². The van der Waals surface area contributed by atoms with E-state index in [0.717, 1.165) is 0 Å². The second-order valence-corrected chi connectivity index (χ2v) is 3.60. The minimum Gasteiger partial charge on any atom is -0.467 e. The molecule has 0 fully saturated rings. The number of anilines is 1. The van der Waals surface area contributed by atoms with Gasteiger partial charge in [0.05, 0.1) is 14.2 Å². The van der Waals surface area contributed by atoms with Gasteiger partial charge in [-0.2, -0.15) is 0 Å². The van der Waals surface area contributed by atoms with E-state index in [0.29, 0.717) is 11.5 Å². The summed E-state index contributed by atoms with van der Waals surface area (Å²) in [4.78, 5) is 30.5. The standard InChI is InChI=1S/C11H15N3O4/c1-6-5-8(13-7(2)10(15)17-3)14-9(12-6)11(16)18-4/h5,7H,1-4H3,(H,12,13,14). The van der Waals surface area contributed by atoms with Gasteiger partial charge in [-0.3, -0.25) is 0 Å². The summed E-state index contributed by atoms with van der Waals surface area (Å²) in [6.07, 6.45) is 0. The topological polar surface area (TPSA) is 90.4 Å². The molecule has 1 aromatic rings. The number of hydrogen-bond acceptors (Lipinski definition) is 7. The van der Waals surface area contributed by atoms with E-state index in [9.17, 15) is 9.59 Å². The molecule has 18 heavy (non-hydrogen) atoms. The molecule has 0 radical (unpaired) electrons. The number of methoxy groups -OCH3 is 2. The van der Waals surface area contributed by atoms with Gasteiger partial charge in [-0.1, -0.05) is 0 Å². The Morgan fingerprint density at radius 1 is 1.28 bits per heavy atom. The third kappa shape index (κ3) is 3.41. The summed E-state index contributed by atoms with van der Waals surface area (Å²) in [5, 5.41) is 2.82. The number of rotatable bonds is 4. The lowest BCUT2D eigenvalue weighted by Crippen LogP contribution is -2.28. The fraction of sp³-hybridized carbons (Fsp3) is 0.455. The lowest BCUT2D eigenvalue weighted by atomic mass is 10.3. The van der Waals surface area contributed by atoms with Gasteiger partial charge in [-0.05, 0) is 13.8 Å². The Bertz CT molecular complexity index is 462. The van der Waals surface area contributed by atoms with Gasteiger partial charge >= 0.3 is 11.9 Å². The van der Waals surface area contributed by atoms with Gasteiger partial charge in [0.15, 0.2) is 0 Å². The number of ether oxygens (including phenoxy) is 2. The van der Waals surface area contributed by atoms with Crippen molar-refractivity contribution in [2.24, 2.45) is 0 Å². The molecular formula is C11H15N3O4. The highest BCUT2D eigenvalue weighted by atomic mass is 16.5. The molecule has 0 aliphatic carbocycles. The number of carbonyl (C=O) groups is 2. The molecule has 1 N–H and O–H groups in total. The summed E-state index contributed by atoms with van der Waals surface area (Å²) in [6.45, 7) is 3.34. The van der Waals surface area contributed by atoms with Crippen molar-refractivity contribution in [1.82, 2.24) is 9.97 Å². The van der Waals surface area contributed by atoms with Crippen LogP contribution in [0.25, 0.3) is 0 Å². The van der Waals surface area contributed by atoms with Crippen LogP contribution >= 0.6 is 0 Å². The van der Waals surface area contributed by atoms with Crippen molar-refractivity contribution in [3.8, 4) is 0 Å². The molecule has 98 valence electrons. The lowest BCUT2D eigenvalue weighted by molar-refractivity contribution is -0.141. The van der Waals surface area contributed by atoms with Gasteiger partial charge in [0, 0.05) is 11.8 Å². The van der Waals surface area contributed by atoms with Crippen LogP contribution in [0.2, 0.25) is 0 Å². The minimum absolute atomic E-state index is 0.0583. The van der Waals surface area contributed by atoms with Gasteiger partial charge < -0.3 is 14.8 Å². The van der Waals surface area contributed by atoms with E-state index >= 15 is 0 Å². The van der Waals surface area contributed by atoms with Crippen LogP contribution in [0.1, 0.15) is 23.2 Å². The van der Waals surface area contributed by atoms with Crippen LogP contribution in [0.5, 0.6) is 0 Å². The van der Waals surface area contributed by atoms with Crippen LogP contribution in [-0.2, 0) is 14.3 Å². The molecule has 1 heterocycles. The van der Waals surface area contributed by atoms with E-state index in [-0.39, 0.29) is 5.82 Å². The zero-order valence-electron chi connectivity index (χ0n) is 10.7. The molecule has 0 bridgehead atoms. The zero-order chi connectivity index (χ0) is 13.7. The van der Waals surface area contributed by atoms with Gasteiger partial charge in [0.25, 0.3) is 0 Å². The summed E-state index contributed by atoms with van der Waals surface area (Å²) < 4.78 is 9.11. The third-order valence-electron chi connectivity index (χ3n) is 2.14. The highest BCUT2D eigenvalue weighted by Crippen LogP contribution is 2.09. The largest absolute Gasteiger partial charge is 0.467 e. The first-order valence-electron chi connectivity index (χ1n) is 5.26. The van der Waals surface area contributed by atoms with Crippen LogP contribution in [0.3, 0.4) is 0 Å². The van der Waals surface area contributed by atoms with Crippen LogP contribution in [0.15, 0.2) is 6.07 Å². The molecule has 0 aliphatic rings. The number of nitrogens with zero attached hydrogens (tertiary/aromatic N) is 2. The zero-order valence-corrected chi connectivity index (χ0v) is 10.7. The fourth-order valence-electron chi connectivity index (χ4n) is 1.28. The maximum Gasteiger partial charge on any atom is 0.376 e. The number of aryl methyl sites for hydroxylation is 1. The average molecular weight is 253 g/mol. The maximum absolute atomic E-state index is 11.3. The number of nitrogens with one attached hydrogen (secondary N) is 1. The molecule has 0 saturated carbocycles. The van der Waals surface area contributed by atoms with Crippen molar-refractivity contribution in [2.45, 2.75) is 19.9 Å². The number of aromatic nitrogens is 2. The summed E-state index contributed by atoms with van der Waals surface area (Å²) >= 11 is 0. The summed E-state index contributed by atoms with van der Waals surface area (Å²) in [5.74, 6) is -0.753. The van der Waals surface area contributed by atoms with E-state index in [1.165, 1.54) is 14.2 Å². The molecule has 0 saturated heterocycles. The van der Waals surface area contributed by atoms with E-state index < -0.39 is 18.0 Å². The highest BCUT2D eigenvalue weighted by molar-refractivity contribution is 5.85. The van der Waals surface area contributed by atoms with Crippen LogP contribution in [0, 0.1) is 6.92 Å². The molecule has 1 unspecified atom stereocenters. The Labute approximate surface area is 105 Å². The van der Waals surface area contributed by atoms with E-state index in [1.54, 1.807) is 19.9 Å². The second kappa shape index (κ2) is 5.95. The monoisotopic (exact) mass is 253 g/mol. The van der Waals surface area contributed by atoms with Gasteiger partial charge in [-0.15, -0.1) is 0 Å². The van der Waals surface area contributed by atoms with Gasteiger partial charge in [0.2, 0.25) is 5.82 Å². The normalized spacial score (nSPS) is 11.6. The minimum atomic E-state index is -0.632. The number of esters is 2. The van der Waals surface area contributed by atoms with Gasteiger partial charge in [-0.25, -0.2) is 19.6 Å². The highest BCUT2D eigenvalue weighted by Gasteiger charge is 2.16.